The summed E-state index contributed by atoms with van der Waals surface area (Å²) in [6.45, 7) is 1.99. The average Bonchev–Trinajstić information content (AvgIpc) is 3.30. The first-order chi connectivity index (χ1) is 18.0. The molecule has 0 saturated heterocycles. The smallest absolute Gasteiger partial charge is 0.338 e. The molecule has 182 valence electrons. The standard InChI is InChI=1S/C32H24O5/c1-19-18-26-22(14-16-27(26)33)23-12-13-25-24(29(19)23)15-17-28(36-31(34)20-8-4-2-5-9-20)30(25)37-32(35)21-10-6-3-7-11-21/h2-13,15,17-18,28,30H,14,16H2,1H3/t28-,30-/m1/s1. The van der Waals surface area contributed by atoms with E-state index in [2.05, 4.69) is 0 Å². The fourth-order valence-electron chi connectivity index (χ4n) is 5.38. The Morgan fingerprint density at radius 2 is 1.46 bits per heavy atom. The Bertz CT molecular complexity index is 1580. The SMILES string of the molecule is Cc1cc2c(c3ccc4c(c13)C=C[C@@H](OC(=O)c1ccccc1)[C@@H]4OC(=O)c1ccccc1)CCC2=O. The summed E-state index contributed by atoms with van der Waals surface area (Å²) in [6.07, 6.45) is 3.32. The molecule has 0 aliphatic heterocycles. The number of Topliss-reactive ketones (excluding diaryl/α,β-unsaturated/α-hetero) is 1. The van der Waals surface area contributed by atoms with E-state index in [1.54, 1.807) is 54.6 Å². The molecule has 0 aromatic heterocycles. The molecule has 0 saturated carbocycles. The van der Waals surface area contributed by atoms with Crippen LogP contribution in [0.2, 0.25) is 0 Å². The number of fused-ring (bicyclic) bond motifs is 5. The lowest BCUT2D eigenvalue weighted by molar-refractivity contribution is -0.0228. The number of ether oxygens (including phenoxy) is 2. The molecule has 2 aliphatic carbocycles. The molecular weight excluding hydrogens is 464 g/mol. The van der Waals surface area contributed by atoms with E-state index in [9.17, 15) is 14.4 Å². The van der Waals surface area contributed by atoms with Gasteiger partial charge in [-0.2, -0.15) is 0 Å². The van der Waals surface area contributed by atoms with Crippen molar-refractivity contribution < 1.29 is 23.9 Å². The van der Waals surface area contributed by atoms with Gasteiger partial charge in [0.2, 0.25) is 0 Å². The van der Waals surface area contributed by atoms with E-state index in [0.717, 1.165) is 45.0 Å². The largest absolute Gasteiger partial charge is 0.450 e. The Balaban J connectivity index is 1.44. The molecular formula is C32H24O5. The maximum Gasteiger partial charge on any atom is 0.338 e. The number of ketones is 1. The average molecular weight is 489 g/mol. The molecule has 0 amide bonds. The first-order valence-electron chi connectivity index (χ1n) is 12.3. The third kappa shape index (κ3) is 4.02. The van der Waals surface area contributed by atoms with Crippen molar-refractivity contribution in [2.75, 3.05) is 0 Å². The van der Waals surface area contributed by atoms with Gasteiger partial charge < -0.3 is 9.47 Å². The number of carbonyl (C=O) groups excluding carboxylic acids is 3. The second-order valence-electron chi connectivity index (χ2n) is 9.42. The summed E-state index contributed by atoms with van der Waals surface area (Å²) in [5, 5.41) is 2.06. The summed E-state index contributed by atoms with van der Waals surface area (Å²) in [5.41, 5.74) is 5.36. The van der Waals surface area contributed by atoms with E-state index in [-0.39, 0.29) is 5.78 Å². The lowest BCUT2D eigenvalue weighted by Gasteiger charge is -2.30. The molecule has 4 aromatic carbocycles. The van der Waals surface area contributed by atoms with Crippen molar-refractivity contribution in [2.45, 2.75) is 32.0 Å². The number of hydrogen-bond acceptors (Lipinski definition) is 5. The minimum Gasteiger partial charge on any atom is -0.450 e. The van der Waals surface area contributed by atoms with Crippen LogP contribution in [0.15, 0.2) is 84.9 Å². The summed E-state index contributed by atoms with van der Waals surface area (Å²) in [5.74, 6) is -0.812. The molecule has 0 spiro atoms. The highest BCUT2D eigenvalue weighted by Gasteiger charge is 2.35. The maximum atomic E-state index is 13.1. The quantitative estimate of drug-likeness (QED) is 0.310. The van der Waals surface area contributed by atoms with Crippen molar-refractivity contribution in [2.24, 2.45) is 0 Å². The summed E-state index contributed by atoms with van der Waals surface area (Å²) in [7, 11) is 0. The summed E-state index contributed by atoms with van der Waals surface area (Å²) in [4.78, 5) is 38.4. The Morgan fingerprint density at radius 3 is 2.14 bits per heavy atom. The second-order valence-corrected chi connectivity index (χ2v) is 9.42. The van der Waals surface area contributed by atoms with Gasteiger partial charge in [-0.25, -0.2) is 9.59 Å². The molecule has 6 rings (SSSR count). The van der Waals surface area contributed by atoms with Crippen LogP contribution in [0.25, 0.3) is 16.8 Å². The van der Waals surface area contributed by atoms with Gasteiger partial charge in [-0.3, -0.25) is 4.79 Å². The fraction of sp³-hybridized carbons (Fsp3) is 0.156. The molecule has 0 fully saturated rings. The molecule has 2 atom stereocenters. The summed E-state index contributed by atoms with van der Waals surface area (Å²) >= 11 is 0. The normalized spacial score (nSPS) is 17.8. The Hall–Kier alpha value is -4.51. The number of rotatable bonds is 4. The zero-order chi connectivity index (χ0) is 25.5. The van der Waals surface area contributed by atoms with Crippen molar-refractivity contribution in [3.8, 4) is 0 Å². The monoisotopic (exact) mass is 488 g/mol. The highest BCUT2D eigenvalue weighted by Crippen LogP contribution is 2.41. The first kappa shape index (κ1) is 22.9. The van der Waals surface area contributed by atoms with E-state index < -0.39 is 24.1 Å². The van der Waals surface area contributed by atoms with Crippen LogP contribution in [0.5, 0.6) is 0 Å². The van der Waals surface area contributed by atoms with Crippen molar-refractivity contribution in [1.82, 2.24) is 0 Å². The molecule has 0 N–H and O–H groups in total. The van der Waals surface area contributed by atoms with E-state index in [1.165, 1.54) is 0 Å². The van der Waals surface area contributed by atoms with Crippen LogP contribution in [-0.4, -0.2) is 23.8 Å². The molecule has 0 unspecified atom stereocenters. The molecule has 5 nitrogen and oxygen atoms in total. The molecule has 4 aromatic rings. The third-order valence-electron chi connectivity index (χ3n) is 7.14. The number of aryl methyl sites for hydroxylation is 2. The van der Waals surface area contributed by atoms with Gasteiger partial charge in [0, 0.05) is 17.5 Å². The molecule has 2 aliphatic rings. The zero-order valence-corrected chi connectivity index (χ0v) is 20.3. The van der Waals surface area contributed by atoms with Crippen LogP contribution in [-0.2, 0) is 15.9 Å². The van der Waals surface area contributed by atoms with E-state index in [4.69, 9.17) is 9.47 Å². The van der Waals surface area contributed by atoms with Crippen molar-refractivity contribution in [3.05, 3.63) is 124 Å². The first-order valence-corrected chi connectivity index (χ1v) is 12.3. The third-order valence-corrected chi connectivity index (χ3v) is 7.14. The van der Waals surface area contributed by atoms with Crippen LogP contribution in [0.4, 0.5) is 0 Å². The zero-order valence-electron chi connectivity index (χ0n) is 20.3. The van der Waals surface area contributed by atoms with Crippen molar-refractivity contribution in [1.29, 1.82) is 0 Å². The highest BCUT2D eigenvalue weighted by molar-refractivity contribution is 6.08. The van der Waals surface area contributed by atoms with Crippen molar-refractivity contribution in [3.63, 3.8) is 0 Å². The molecule has 0 radical (unpaired) electrons. The minimum atomic E-state index is -0.834. The van der Waals surface area contributed by atoms with Crippen LogP contribution in [0, 0.1) is 6.92 Å². The van der Waals surface area contributed by atoms with Gasteiger partial charge in [0.15, 0.2) is 18.0 Å². The predicted molar refractivity (Wildman–Crippen MR) is 141 cm³/mol. The number of carbonyl (C=O) groups is 3. The predicted octanol–water partition coefficient (Wildman–Crippen LogP) is 6.43. The molecule has 37 heavy (non-hydrogen) atoms. The Kier molecular flexibility index (Phi) is 5.68. The van der Waals surface area contributed by atoms with Gasteiger partial charge in [0.25, 0.3) is 0 Å². The van der Waals surface area contributed by atoms with Crippen LogP contribution >= 0.6 is 0 Å². The van der Waals surface area contributed by atoms with Crippen LogP contribution in [0.3, 0.4) is 0 Å². The van der Waals surface area contributed by atoms with Gasteiger partial charge >= 0.3 is 11.9 Å². The second kappa shape index (κ2) is 9.17. The fourth-order valence-corrected chi connectivity index (χ4v) is 5.38. The molecule has 0 bridgehead atoms. The van der Waals surface area contributed by atoms with Gasteiger partial charge in [-0.05, 0) is 77.2 Å². The topological polar surface area (TPSA) is 69.7 Å². The van der Waals surface area contributed by atoms with E-state index in [0.29, 0.717) is 17.5 Å². The summed E-state index contributed by atoms with van der Waals surface area (Å²) < 4.78 is 11.9. The summed E-state index contributed by atoms with van der Waals surface area (Å²) in [6, 6.07) is 23.4. The van der Waals surface area contributed by atoms with Gasteiger partial charge in [-0.15, -0.1) is 0 Å². The van der Waals surface area contributed by atoms with Gasteiger partial charge in [-0.1, -0.05) is 54.6 Å². The Morgan fingerprint density at radius 1 is 0.811 bits per heavy atom. The van der Waals surface area contributed by atoms with Crippen LogP contribution < -0.4 is 0 Å². The number of benzene rings is 4. The van der Waals surface area contributed by atoms with E-state index >= 15 is 0 Å². The van der Waals surface area contributed by atoms with E-state index in [1.807, 2.05) is 43.3 Å². The number of esters is 2. The van der Waals surface area contributed by atoms with Gasteiger partial charge in [0.05, 0.1) is 11.1 Å². The minimum absolute atomic E-state index is 0.177. The van der Waals surface area contributed by atoms with Crippen LogP contribution in [0.1, 0.15) is 65.9 Å². The van der Waals surface area contributed by atoms with Gasteiger partial charge in [0.1, 0.15) is 0 Å². The van der Waals surface area contributed by atoms with Crippen molar-refractivity contribution >= 4 is 34.6 Å². The highest BCUT2D eigenvalue weighted by atomic mass is 16.6. The maximum absolute atomic E-state index is 13.1. The molecule has 0 heterocycles. The lowest BCUT2D eigenvalue weighted by atomic mass is 9.85. The molecule has 5 heteroatoms. The lowest BCUT2D eigenvalue weighted by Crippen LogP contribution is -2.30. The number of hydrogen-bond donors (Lipinski definition) is 0. The Labute approximate surface area is 214 Å².